The number of hydrogen-bond acceptors (Lipinski definition) is 7. The van der Waals surface area contributed by atoms with Crippen molar-refractivity contribution < 1.29 is 4.79 Å². The number of nitrogens with zero attached hydrogens (tertiary/aromatic N) is 5. The number of nitriles is 1. The van der Waals surface area contributed by atoms with Gasteiger partial charge in [-0.05, 0) is 36.5 Å². The quantitative estimate of drug-likeness (QED) is 0.314. The number of anilines is 1. The van der Waals surface area contributed by atoms with E-state index in [2.05, 4.69) is 60.9 Å². The van der Waals surface area contributed by atoms with Crippen molar-refractivity contribution >= 4 is 46.1 Å². The lowest BCUT2D eigenvalue weighted by atomic mass is 10.0. The average Bonchev–Trinajstić information content (AvgIpc) is 3.18. The summed E-state index contributed by atoms with van der Waals surface area (Å²) < 4.78 is 2.32. The van der Waals surface area contributed by atoms with Gasteiger partial charge in [-0.25, -0.2) is 0 Å². The molecule has 0 bridgehead atoms. The van der Waals surface area contributed by atoms with Crippen LogP contribution in [0.1, 0.15) is 55.9 Å². The summed E-state index contributed by atoms with van der Waals surface area (Å²) in [6, 6.07) is 12.6. The molecule has 0 radical (unpaired) electrons. The summed E-state index contributed by atoms with van der Waals surface area (Å²) >= 11 is 6.84. The number of rotatable bonds is 9. The van der Waals surface area contributed by atoms with Crippen LogP contribution in [0.5, 0.6) is 0 Å². The molecule has 2 aliphatic rings. The molecule has 2 aromatic rings. The third kappa shape index (κ3) is 6.46. The second kappa shape index (κ2) is 12.9. The van der Waals surface area contributed by atoms with Crippen LogP contribution in [0.25, 0.3) is 6.08 Å². The molecule has 1 aromatic heterocycles. The maximum atomic E-state index is 13.6. The molecule has 1 amide bonds. The third-order valence-corrected chi connectivity index (χ3v) is 8.58. The smallest absolute Gasteiger partial charge is 0.270 e. The fourth-order valence-electron chi connectivity index (χ4n) is 5.12. The van der Waals surface area contributed by atoms with Gasteiger partial charge in [-0.15, -0.1) is 0 Å². The van der Waals surface area contributed by atoms with Crippen LogP contribution in [0.15, 0.2) is 40.0 Å². The van der Waals surface area contributed by atoms with Crippen molar-refractivity contribution in [1.29, 1.82) is 5.26 Å². The second-order valence-electron chi connectivity index (χ2n) is 10.6. The first-order valence-corrected chi connectivity index (χ1v) is 14.9. The van der Waals surface area contributed by atoms with Gasteiger partial charge in [-0.3, -0.25) is 24.0 Å². The second-order valence-corrected chi connectivity index (χ2v) is 12.3. The predicted octanol–water partition coefficient (Wildman–Crippen LogP) is 5.01. The molecular weight excluding hydrogens is 526 g/mol. The van der Waals surface area contributed by atoms with Crippen LogP contribution in [0.3, 0.4) is 0 Å². The number of aromatic nitrogens is 1. The molecule has 1 aromatic carbocycles. The van der Waals surface area contributed by atoms with E-state index in [1.807, 2.05) is 19.1 Å². The Bertz CT molecular complexity index is 1350. The highest BCUT2D eigenvalue weighted by molar-refractivity contribution is 8.26. The van der Waals surface area contributed by atoms with E-state index in [1.54, 1.807) is 9.47 Å². The summed E-state index contributed by atoms with van der Waals surface area (Å²) in [7, 11) is 0. The molecule has 0 aliphatic carbocycles. The summed E-state index contributed by atoms with van der Waals surface area (Å²) in [5.41, 5.74) is 2.55. The van der Waals surface area contributed by atoms with Gasteiger partial charge >= 0.3 is 0 Å². The van der Waals surface area contributed by atoms with Gasteiger partial charge in [0.2, 0.25) is 0 Å². The van der Waals surface area contributed by atoms with Crippen LogP contribution < -0.4 is 10.5 Å². The van der Waals surface area contributed by atoms with E-state index in [1.165, 1.54) is 17.3 Å². The van der Waals surface area contributed by atoms with Gasteiger partial charge in [0.15, 0.2) is 0 Å². The molecule has 0 saturated carbocycles. The molecule has 2 aliphatic heterocycles. The molecule has 9 heteroatoms. The molecule has 4 rings (SSSR count). The van der Waals surface area contributed by atoms with Crippen molar-refractivity contribution in [2.45, 2.75) is 53.6 Å². The highest BCUT2D eigenvalue weighted by atomic mass is 32.2. The first-order chi connectivity index (χ1) is 18.7. The normalized spacial score (nSPS) is 17.5. The molecule has 0 N–H and O–H groups in total. The van der Waals surface area contributed by atoms with Crippen LogP contribution in [0, 0.1) is 24.2 Å². The monoisotopic (exact) mass is 563 g/mol. The van der Waals surface area contributed by atoms with E-state index < -0.39 is 0 Å². The van der Waals surface area contributed by atoms with Crippen LogP contribution >= 0.6 is 24.0 Å². The van der Waals surface area contributed by atoms with E-state index >= 15 is 0 Å². The summed E-state index contributed by atoms with van der Waals surface area (Å²) in [6.45, 7) is 13.2. The van der Waals surface area contributed by atoms with Crippen molar-refractivity contribution in [1.82, 2.24) is 14.4 Å². The number of unbranched alkanes of at least 4 members (excludes halogenated alkanes) is 1. The lowest BCUT2D eigenvalue weighted by Crippen LogP contribution is -2.48. The number of thioether (sulfide) groups is 1. The van der Waals surface area contributed by atoms with E-state index in [0.29, 0.717) is 27.9 Å². The van der Waals surface area contributed by atoms with Crippen molar-refractivity contribution in [2.24, 2.45) is 5.92 Å². The minimum absolute atomic E-state index is 0.110. The molecule has 0 atom stereocenters. The number of hydrogen-bond donors (Lipinski definition) is 0. The van der Waals surface area contributed by atoms with Crippen molar-refractivity contribution in [3.05, 3.63) is 67.8 Å². The standard InChI is InChI=1S/C30H37N5O2S2/c1-5-6-12-34-27(33-15-13-32(14-16-33)20-23-10-8-7-9-11-23)24(22(4)25(18-31)28(34)36)17-26-29(37)35(19-21(2)3)30(38)39-26/h7-11,17,21H,5-6,12-16,19-20H2,1-4H3. The number of carbonyl (C=O) groups excluding carboxylic acids is 1. The largest absolute Gasteiger partial charge is 0.355 e. The molecule has 2 saturated heterocycles. The van der Waals surface area contributed by atoms with Gasteiger partial charge in [0, 0.05) is 51.4 Å². The molecule has 7 nitrogen and oxygen atoms in total. The highest BCUT2D eigenvalue weighted by Gasteiger charge is 2.34. The minimum Gasteiger partial charge on any atom is -0.355 e. The van der Waals surface area contributed by atoms with Gasteiger partial charge in [0.1, 0.15) is 21.8 Å². The lowest BCUT2D eigenvalue weighted by molar-refractivity contribution is -0.122. The van der Waals surface area contributed by atoms with Gasteiger partial charge in [-0.2, -0.15) is 5.26 Å². The summed E-state index contributed by atoms with van der Waals surface area (Å²) in [4.78, 5) is 33.8. The van der Waals surface area contributed by atoms with Gasteiger partial charge in [-0.1, -0.05) is 81.5 Å². The topological polar surface area (TPSA) is 72.6 Å². The maximum absolute atomic E-state index is 13.6. The number of thiocarbonyl (C=S) groups is 1. The summed E-state index contributed by atoms with van der Waals surface area (Å²) in [6.07, 6.45) is 3.61. The molecule has 0 unspecified atom stereocenters. The van der Waals surface area contributed by atoms with Crippen LogP contribution in [-0.2, 0) is 17.9 Å². The van der Waals surface area contributed by atoms with Gasteiger partial charge in [0.05, 0.1) is 4.91 Å². The van der Waals surface area contributed by atoms with Crippen LogP contribution in [-0.4, -0.2) is 57.3 Å². The molecular formula is C30H37N5O2S2. The van der Waals surface area contributed by atoms with Crippen molar-refractivity contribution in [3.8, 4) is 6.07 Å². The van der Waals surface area contributed by atoms with E-state index in [9.17, 15) is 14.9 Å². The Balaban J connectivity index is 1.74. The molecule has 39 heavy (non-hydrogen) atoms. The van der Waals surface area contributed by atoms with E-state index in [4.69, 9.17) is 12.2 Å². The number of benzene rings is 1. The Morgan fingerprint density at radius 1 is 1.13 bits per heavy atom. The number of piperazine rings is 1. The fourth-order valence-corrected chi connectivity index (χ4v) is 6.38. The fraction of sp³-hybridized carbons (Fsp3) is 0.467. The lowest BCUT2D eigenvalue weighted by Gasteiger charge is -2.38. The molecule has 206 valence electrons. The number of amides is 1. The zero-order valence-corrected chi connectivity index (χ0v) is 24.9. The molecule has 2 fully saturated rings. The molecule has 0 spiro atoms. The average molecular weight is 564 g/mol. The first kappa shape index (κ1) is 29.1. The SMILES string of the molecule is CCCCn1c(N2CCN(Cc3ccccc3)CC2)c(C=C2SC(=S)N(CC(C)C)C2=O)c(C)c(C#N)c1=O. The first-order valence-electron chi connectivity index (χ1n) is 13.7. The van der Waals surface area contributed by atoms with Crippen molar-refractivity contribution in [2.75, 3.05) is 37.6 Å². The predicted molar refractivity (Wildman–Crippen MR) is 164 cm³/mol. The zero-order chi connectivity index (χ0) is 28.1. The Kier molecular flexibility index (Phi) is 9.65. The number of carbonyl (C=O) groups is 1. The van der Waals surface area contributed by atoms with Crippen molar-refractivity contribution in [3.63, 3.8) is 0 Å². The third-order valence-electron chi connectivity index (χ3n) is 7.20. The van der Waals surface area contributed by atoms with E-state index in [0.717, 1.165) is 56.9 Å². The van der Waals surface area contributed by atoms with Crippen LogP contribution in [0.4, 0.5) is 5.82 Å². The zero-order valence-electron chi connectivity index (χ0n) is 23.3. The molecule has 3 heterocycles. The summed E-state index contributed by atoms with van der Waals surface area (Å²) in [5, 5.41) is 9.94. The Hall–Kier alpha value is -2.93. The maximum Gasteiger partial charge on any atom is 0.270 e. The Morgan fingerprint density at radius 2 is 1.82 bits per heavy atom. The summed E-state index contributed by atoms with van der Waals surface area (Å²) in [5.74, 6) is 0.984. The Labute approximate surface area is 241 Å². The minimum atomic E-state index is -0.255. The van der Waals surface area contributed by atoms with Gasteiger partial charge < -0.3 is 4.90 Å². The van der Waals surface area contributed by atoms with Crippen LogP contribution in [0.2, 0.25) is 0 Å². The number of pyridine rings is 1. The van der Waals surface area contributed by atoms with Gasteiger partial charge in [0.25, 0.3) is 11.5 Å². The highest BCUT2D eigenvalue weighted by Crippen LogP contribution is 2.36. The van der Waals surface area contributed by atoms with E-state index in [-0.39, 0.29) is 22.9 Å². The Morgan fingerprint density at radius 3 is 2.44 bits per heavy atom.